The van der Waals surface area contributed by atoms with Gasteiger partial charge in [0.05, 0.1) is 12.7 Å². The second-order valence-corrected chi connectivity index (χ2v) is 8.63. The van der Waals surface area contributed by atoms with Gasteiger partial charge in [-0.2, -0.15) is 0 Å². The third-order valence-corrected chi connectivity index (χ3v) is 4.94. The molecule has 0 aliphatic carbocycles. The second kappa shape index (κ2) is 8.28. The Bertz CT molecular complexity index is 1120. The zero-order valence-corrected chi connectivity index (χ0v) is 18.0. The van der Waals surface area contributed by atoms with E-state index in [1.165, 1.54) is 0 Å². The van der Waals surface area contributed by atoms with Crippen LogP contribution in [0, 0.1) is 0 Å². The molecule has 0 unspecified atom stereocenters. The fourth-order valence-corrected chi connectivity index (χ4v) is 3.76. The molecule has 8 nitrogen and oxygen atoms in total. The van der Waals surface area contributed by atoms with E-state index in [9.17, 15) is 9.90 Å². The summed E-state index contributed by atoms with van der Waals surface area (Å²) in [6.45, 7) is 9.89. The number of aromatic nitrogens is 2. The largest absolute Gasteiger partial charge is 0.458 e. The van der Waals surface area contributed by atoms with Crippen LogP contribution in [-0.4, -0.2) is 51.9 Å². The first-order valence-corrected chi connectivity index (χ1v) is 10.3. The van der Waals surface area contributed by atoms with Gasteiger partial charge in [0, 0.05) is 18.4 Å². The van der Waals surface area contributed by atoms with Crippen molar-refractivity contribution in [2.45, 2.75) is 51.5 Å². The number of fused-ring (bicyclic) bond motifs is 3. The maximum atomic E-state index is 12.9. The Morgan fingerprint density at radius 3 is 2.87 bits per heavy atom. The van der Waals surface area contributed by atoms with Crippen molar-refractivity contribution in [2.75, 3.05) is 18.1 Å². The molecule has 2 aromatic heterocycles. The van der Waals surface area contributed by atoms with Gasteiger partial charge < -0.3 is 23.9 Å². The van der Waals surface area contributed by atoms with Gasteiger partial charge in [-0.15, -0.1) is 6.58 Å². The van der Waals surface area contributed by atoms with Crippen LogP contribution in [0.3, 0.4) is 0 Å². The first kappa shape index (κ1) is 21.3. The molecular formula is C23H27N3O5. The molecule has 1 saturated heterocycles. The Balaban J connectivity index is 1.81. The molecule has 0 amide bonds. The minimum atomic E-state index is -0.688. The third-order valence-electron chi connectivity index (χ3n) is 4.94. The first-order valence-electron chi connectivity index (χ1n) is 10.3. The van der Waals surface area contributed by atoms with Crippen molar-refractivity contribution >= 4 is 33.9 Å². The van der Waals surface area contributed by atoms with Crippen LogP contribution in [0.15, 0.2) is 41.3 Å². The van der Waals surface area contributed by atoms with Crippen LogP contribution in [0.1, 0.15) is 33.0 Å². The zero-order valence-electron chi connectivity index (χ0n) is 18.0. The zero-order chi connectivity index (χ0) is 22.2. The quantitative estimate of drug-likeness (QED) is 0.365. The van der Waals surface area contributed by atoms with Gasteiger partial charge in [-0.1, -0.05) is 18.2 Å². The molecule has 31 heavy (non-hydrogen) atoms. The standard InChI is InChI=1S/C23H27N3O5/c1-5-10-29-13-18-24-19-15-8-6-7-9-17(15)30-20(19)21(25-18)26-12-14(27)11-16(26)22(28)31-23(2,3)4/h5-9,14,16,27H,1,10-13H2,2-4H3/t14-,16-/m0/s1. The van der Waals surface area contributed by atoms with E-state index < -0.39 is 23.7 Å². The highest BCUT2D eigenvalue weighted by Crippen LogP contribution is 2.36. The Morgan fingerprint density at radius 1 is 1.35 bits per heavy atom. The molecule has 0 radical (unpaired) electrons. The topological polar surface area (TPSA) is 97.9 Å². The molecule has 3 heterocycles. The van der Waals surface area contributed by atoms with Crippen LogP contribution in [0.2, 0.25) is 0 Å². The van der Waals surface area contributed by atoms with Gasteiger partial charge in [-0.3, -0.25) is 0 Å². The predicted octanol–water partition coefficient (Wildman–Crippen LogP) is 3.36. The van der Waals surface area contributed by atoms with Crippen molar-refractivity contribution in [3.8, 4) is 0 Å². The summed E-state index contributed by atoms with van der Waals surface area (Å²) in [7, 11) is 0. The SMILES string of the molecule is C=CCOCc1nc(N2C[C@@H](O)C[C@H]2C(=O)OC(C)(C)C)c2oc3ccccc3c2n1. The average molecular weight is 425 g/mol. The highest BCUT2D eigenvalue weighted by molar-refractivity contribution is 6.06. The Morgan fingerprint density at radius 2 is 2.13 bits per heavy atom. The van der Waals surface area contributed by atoms with Gasteiger partial charge in [0.2, 0.25) is 0 Å². The maximum absolute atomic E-state index is 12.9. The van der Waals surface area contributed by atoms with Gasteiger partial charge in [0.15, 0.2) is 17.2 Å². The van der Waals surface area contributed by atoms with Gasteiger partial charge in [0.25, 0.3) is 0 Å². The number of aliphatic hydroxyl groups excluding tert-OH is 1. The smallest absolute Gasteiger partial charge is 0.329 e. The monoisotopic (exact) mass is 425 g/mol. The van der Waals surface area contributed by atoms with Crippen LogP contribution in [-0.2, 0) is 20.9 Å². The molecule has 8 heteroatoms. The highest BCUT2D eigenvalue weighted by atomic mass is 16.6. The molecule has 1 fully saturated rings. The summed E-state index contributed by atoms with van der Waals surface area (Å²) in [6, 6.07) is 6.91. The van der Waals surface area contributed by atoms with E-state index in [-0.39, 0.29) is 19.6 Å². The van der Waals surface area contributed by atoms with E-state index in [4.69, 9.17) is 13.9 Å². The molecule has 1 aliphatic rings. The number of hydrogen-bond donors (Lipinski definition) is 1. The van der Waals surface area contributed by atoms with Crippen molar-refractivity contribution in [3.05, 3.63) is 42.7 Å². The summed E-state index contributed by atoms with van der Waals surface area (Å²) in [5, 5.41) is 11.2. The van der Waals surface area contributed by atoms with Crippen molar-refractivity contribution in [1.82, 2.24) is 9.97 Å². The lowest BCUT2D eigenvalue weighted by Gasteiger charge is -2.27. The number of aliphatic hydroxyl groups is 1. The van der Waals surface area contributed by atoms with E-state index in [2.05, 4.69) is 16.5 Å². The minimum absolute atomic E-state index is 0.183. The number of anilines is 1. The van der Waals surface area contributed by atoms with Crippen LogP contribution in [0.4, 0.5) is 5.82 Å². The molecule has 4 rings (SSSR count). The molecule has 2 atom stereocenters. The van der Waals surface area contributed by atoms with Gasteiger partial charge >= 0.3 is 5.97 Å². The number of β-amino-alcohol motifs (C(OH)–C–C–N with tert-alkyl or cyclic N) is 1. The fourth-order valence-electron chi connectivity index (χ4n) is 3.76. The van der Waals surface area contributed by atoms with Crippen molar-refractivity contribution in [1.29, 1.82) is 0 Å². The fraction of sp³-hybridized carbons (Fsp3) is 0.435. The number of esters is 1. The minimum Gasteiger partial charge on any atom is -0.458 e. The van der Waals surface area contributed by atoms with Crippen molar-refractivity contribution in [2.24, 2.45) is 0 Å². The molecule has 1 aliphatic heterocycles. The number of nitrogens with zero attached hydrogens (tertiary/aromatic N) is 3. The molecular weight excluding hydrogens is 398 g/mol. The Labute approximate surface area is 180 Å². The summed E-state index contributed by atoms with van der Waals surface area (Å²) < 4.78 is 17.2. The lowest BCUT2D eigenvalue weighted by Crippen LogP contribution is -2.41. The maximum Gasteiger partial charge on any atom is 0.329 e. The van der Waals surface area contributed by atoms with Gasteiger partial charge in [0.1, 0.15) is 29.3 Å². The lowest BCUT2D eigenvalue weighted by molar-refractivity contribution is -0.156. The first-order chi connectivity index (χ1) is 14.8. The highest BCUT2D eigenvalue weighted by Gasteiger charge is 2.41. The van der Waals surface area contributed by atoms with Gasteiger partial charge in [-0.25, -0.2) is 14.8 Å². The second-order valence-electron chi connectivity index (χ2n) is 8.63. The van der Waals surface area contributed by atoms with E-state index in [0.717, 1.165) is 5.39 Å². The predicted molar refractivity (Wildman–Crippen MR) is 117 cm³/mol. The molecule has 3 aromatic rings. The van der Waals surface area contributed by atoms with Crippen LogP contribution in [0.5, 0.6) is 0 Å². The van der Waals surface area contributed by atoms with Crippen LogP contribution >= 0.6 is 0 Å². The molecule has 0 saturated carbocycles. The summed E-state index contributed by atoms with van der Waals surface area (Å²) in [4.78, 5) is 24.0. The summed E-state index contributed by atoms with van der Waals surface area (Å²) in [6.07, 6.45) is 1.22. The normalized spacial score (nSPS) is 19.3. The van der Waals surface area contributed by atoms with Crippen LogP contribution < -0.4 is 4.90 Å². The summed E-state index contributed by atoms with van der Waals surface area (Å²) in [5.74, 6) is 0.502. The van der Waals surface area contributed by atoms with E-state index >= 15 is 0 Å². The number of hydrogen-bond acceptors (Lipinski definition) is 8. The number of para-hydroxylation sites is 1. The van der Waals surface area contributed by atoms with E-state index in [1.54, 1.807) is 11.0 Å². The van der Waals surface area contributed by atoms with Gasteiger partial charge in [-0.05, 0) is 32.9 Å². The number of benzene rings is 1. The van der Waals surface area contributed by atoms with E-state index in [1.807, 2.05) is 45.0 Å². The average Bonchev–Trinajstić information content (AvgIpc) is 3.27. The Hall–Kier alpha value is -2.97. The summed E-state index contributed by atoms with van der Waals surface area (Å²) in [5.41, 5.74) is 1.14. The molecule has 1 N–H and O–H groups in total. The van der Waals surface area contributed by atoms with E-state index in [0.29, 0.717) is 34.9 Å². The van der Waals surface area contributed by atoms with Crippen LogP contribution in [0.25, 0.3) is 22.1 Å². The lowest BCUT2D eigenvalue weighted by atomic mass is 10.1. The Kier molecular flexibility index (Phi) is 5.68. The summed E-state index contributed by atoms with van der Waals surface area (Å²) >= 11 is 0. The number of carbonyl (C=O) groups is 1. The molecule has 0 spiro atoms. The number of ether oxygens (including phenoxy) is 2. The molecule has 0 bridgehead atoms. The molecule has 1 aromatic carbocycles. The number of furan rings is 1. The van der Waals surface area contributed by atoms with Crippen molar-refractivity contribution < 1.29 is 23.8 Å². The number of rotatable bonds is 6. The number of carbonyl (C=O) groups excluding carboxylic acids is 1. The molecule has 164 valence electrons. The third kappa shape index (κ3) is 4.40. The van der Waals surface area contributed by atoms with Crippen molar-refractivity contribution in [3.63, 3.8) is 0 Å².